The fourth-order valence-electron chi connectivity index (χ4n) is 3.51. The van der Waals surface area contributed by atoms with Crippen LogP contribution < -0.4 is 5.73 Å². The number of nitrogens with zero attached hydrogens (tertiary/aromatic N) is 1. The van der Waals surface area contributed by atoms with Gasteiger partial charge in [0.2, 0.25) is 0 Å². The van der Waals surface area contributed by atoms with Crippen LogP contribution in [0.2, 0.25) is 0 Å². The van der Waals surface area contributed by atoms with E-state index in [1.54, 1.807) is 0 Å². The number of hydrogen-bond donors (Lipinski definition) is 1. The van der Waals surface area contributed by atoms with Crippen LogP contribution in [0, 0.1) is 0 Å². The average molecular weight is 290 g/mol. The summed E-state index contributed by atoms with van der Waals surface area (Å²) in [4.78, 5) is 2.52. The number of hydrogen-bond acceptors (Lipinski definition) is 3. The van der Waals surface area contributed by atoms with Gasteiger partial charge in [-0.2, -0.15) is 0 Å². The highest BCUT2D eigenvalue weighted by atomic mass is 16.5. The van der Waals surface area contributed by atoms with Gasteiger partial charge in [0.15, 0.2) is 0 Å². The van der Waals surface area contributed by atoms with Gasteiger partial charge in [-0.05, 0) is 52.6 Å². The number of rotatable bonds is 5. The first-order chi connectivity index (χ1) is 9.77. The van der Waals surface area contributed by atoms with Gasteiger partial charge < -0.3 is 10.5 Å². The lowest BCUT2D eigenvalue weighted by molar-refractivity contribution is -0.180. The summed E-state index contributed by atoms with van der Waals surface area (Å²) in [5, 5.41) is 0. The van der Waals surface area contributed by atoms with Gasteiger partial charge in [0, 0.05) is 19.1 Å². The molecule has 0 amide bonds. The molecule has 0 radical (unpaired) electrons. The molecule has 118 valence electrons. The van der Waals surface area contributed by atoms with E-state index in [1.807, 2.05) is 6.07 Å². The first kappa shape index (κ1) is 16.5. The molecule has 0 aliphatic carbocycles. The third-order valence-electron chi connectivity index (χ3n) is 3.98. The van der Waals surface area contributed by atoms with Crippen LogP contribution in [0.3, 0.4) is 0 Å². The van der Waals surface area contributed by atoms with Gasteiger partial charge in [-0.1, -0.05) is 30.3 Å². The topological polar surface area (TPSA) is 38.5 Å². The summed E-state index contributed by atoms with van der Waals surface area (Å²) in [5.74, 6) is 0. The van der Waals surface area contributed by atoms with Crippen molar-refractivity contribution in [2.45, 2.75) is 57.8 Å². The van der Waals surface area contributed by atoms with E-state index >= 15 is 0 Å². The second-order valence-electron chi connectivity index (χ2n) is 7.49. The van der Waals surface area contributed by atoms with Gasteiger partial charge in [0.25, 0.3) is 0 Å². The van der Waals surface area contributed by atoms with E-state index < -0.39 is 0 Å². The molecule has 0 bridgehead atoms. The Balaban J connectivity index is 1.80. The second-order valence-corrected chi connectivity index (χ2v) is 7.49. The Morgan fingerprint density at radius 3 is 2.24 bits per heavy atom. The third kappa shape index (κ3) is 5.10. The average Bonchev–Trinajstić information content (AvgIpc) is 2.36. The van der Waals surface area contributed by atoms with Crippen LogP contribution in [0.4, 0.5) is 0 Å². The monoisotopic (exact) mass is 290 g/mol. The van der Waals surface area contributed by atoms with Crippen molar-refractivity contribution in [1.29, 1.82) is 0 Å². The molecule has 1 aromatic carbocycles. The van der Waals surface area contributed by atoms with Gasteiger partial charge in [-0.25, -0.2) is 0 Å². The molecule has 1 aromatic rings. The van der Waals surface area contributed by atoms with Crippen molar-refractivity contribution in [3.05, 3.63) is 35.9 Å². The highest BCUT2D eigenvalue weighted by Crippen LogP contribution is 2.28. The Bertz CT molecular complexity index is 426. The summed E-state index contributed by atoms with van der Waals surface area (Å²) < 4.78 is 6.12. The normalized spacial score (nSPS) is 22.9. The molecule has 1 heterocycles. The van der Waals surface area contributed by atoms with Crippen LogP contribution in [0.25, 0.3) is 0 Å². The van der Waals surface area contributed by atoms with Crippen molar-refractivity contribution in [3.8, 4) is 0 Å². The fraction of sp³-hybridized carbons (Fsp3) is 0.667. The number of ether oxygens (including phenoxy) is 1. The summed E-state index contributed by atoms with van der Waals surface area (Å²) in [6.07, 6.45) is 2.16. The highest BCUT2D eigenvalue weighted by Gasteiger charge is 2.37. The van der Waals surface area contributed by atoms with Crippen LogP contribution in [-0.4, -0.2) is 35.7 Å². The van der Waals surface area contributed by atoms with Crippen LogP contribution in [-0.2, 0) is 4.74 Å². The molecule has 21 heavy (non-hydrogen) atoms. The smallest absolute Gasteiger partial charge is 0.0760 e. The Hall–Kier alpha value is -0.900. The Morgan fingerprint density at radius 1 is 1.10 bits per heavy atom. The lowest BCUT2D eigenvalue weighted by atomic mass is 9.98. The largest absolute Gasteiger partial charge is 0.367 e. The van der Waals surface area contributed by atoms with E-state index in [9.17, 15) is 0 Å². The maximum Gasteiger partial charge on any atom is 0.0760 e. The van der Waals surface area contributed by atoms with E-state index in [2.05, 4.69) is 56.9 Å². The van der Waals surface area contributed by atoms with E-state index in [1.165, 1.54) is 5.56 Å². The molecule has 3 nitrogen and oxygen atoms in total. The molecule has 1 aliphatic heterocycles. The Kier molecular flexibility index (Phi) is 5.07. The van der Waals surface area contributed by atoms with Crippen molar-refractivity contribution in [1.82, 2.24) is 4.90 Å². The first-order valence-electron chi connectivity index (χ1n) is 8.00. The van der Waals surface area contributed by atoms with E-state index in [4.69, 9.17) is 10.5 Å². The van der Waals surface area contributed by atoms with Crippen molar-refractivity contribution in [2.75, 3.05) is 19.6 Å². The quantitative estimate of drug-likeness (QED) is 0.903. The second kappa shape index (κ2) is 6.47. The van der Waals surface area contributed by atoms with Gasteiger partial charge in [0.05, 0.1) is 11.2 Å². The van der Waals surface area contributed by atoms with Crippen molar-refractivity contribution < 1.29 is 4.74 Å². The molecule has 2 N–H and O–H groups in total. The molecule has 3 heteroatoms. The van der Waals surface area contributed by atoms with Gasteiger partial charge in [0.1, 0.15) is 0 Å². The summed E-state index contributed by atoms with van der Waals surface area (Å²) in [6.45, 7) is 11.8. The van der Waals surface area contributed by atoms with Crippen LogP contribution in [0.1, 0.15) is 52.1 Å². The summed E-state index contributed by atoms with van der Waals surface area (Å²) in [7, 11) is 0. The maximum atomic E-state index is 6.27. The minimum atomic E-state index is -0.0662. The third-order valence-corrected chi connectivity index (χ3v) is 3.98. The molecular weight excluding hydrogens is 260 g/mol. The Morgan fingerprint density at radius 2 is 1.67 bits per heavy atom. The zero-order chi connectivity index (χ0) is 15.5. The molecular formula is C18H30N2O. The molecule has 1 atom stereocenters. The number of nitrogens with two attached hydrogens (primary N) is 1. The summed E-state index contributed by atoms with van der Waals surface area (Å²) in [6, 6.07) is 10.5. The van der Waals surface area contributed by atoms with Gasteiger partial charge >= 0.3 is 0 Å². The highest BCUT2D eigenvalue weighted by molar-refractivity contribution is 5.18. The van der Waals surface area contributed by atoms with Crippen molar-refractivity contribution in [3.63, 3.8) is 0 Å². The molecule has 0 aromatic heterocycles. The number of benzene rings is 1. The van der Waals surface area contributed by atoms with Crippen molar-refractivity contribution >= 4 is 0 Å². The van der Waals surface area contributed by atoms with E-state index in [0.29, 0.717) is 0 Å². The lowest BCUT2D eigenvalue weighted by Crippen LogP contribution is -2.57. The molecule has 1 unspecified atom stereocenters. The summed E-state index contributed by atoms with van der Waals surface area (Å²) in [5.41, 5.74) is 7.38. The molecule has 0 saturated carbocycles. The SMILES string of the molecule is CC1(C)CN(CCCC(N)c2ccccc2)CC(C)(C)O1. The fourth-order valence-corrected chi connectivity index (χ4v) is 3.51. The van der Waals surface area contributed by atoms with Crippen LogP contribution in [0.5, 0.6) is 0 Å². The van der Waals surface area contributed by atoms with Crippen LogP contribution >= 0.6 is 0 Å². The molecule has 0 spiro atoms. The zero-order valence-corrected chi connectivity index (χ0v) is 13.9. The van der Waals surface area contributed by atoms with Gasteiger partial charge in [-0.3, -0.25) is 4.90 Å². The number of morpholine rings is 1. The zero-order valence-electron chi connectivity index (χ0n) is 13.9. The predicted octanol–water partition coefficient (Wildman–Crippen LogP) is 3.36. The summed E-state index contributed by atoms with van der Waals surface area (Å²) >= 11 is 0. The molecule has 2 rings (SSSR count). The maximum absolute atomic E-state index is 6.27. The molecule has 1 fully saturated rings. The molecule has 1 aliphatic rings. The lowest BCUT2D eigenvalue weighted by Gasteiger charge is -2.47. The first-order valence-corrected chi connectivity index (χ1v) is 8.00. The predicted molar refractivity (Wildman–Crippen MR) is 88.3 cm³/mol. The Labute approximate surface area is 129 Å². The van der Waals surface area contributed by atoms with E-state index in [-0.39, 0.29) is 17.2 Å². The standard InChI is InChI=1S/C18H30N2O/c1-17(2)13-20(14-18(3,4)21-17)12-8-11-16(19)15-9-6-5-7-10-15/h5-7,9-10,16H,8,11-14,19H2,1-4H3. The van der Waals surface area contributed by atoms with Crippen molar-refractivity contribution in [2.24, 2.45) is 5.73 Å². The molecule has 1 saturated heterocycles. The van der Waals surface area contributed by atoms with Crippen LogP contribution in [0.15, 0.2) is 30.3 Å². The minimum Gasteiger partial charge on any atom is -0.367 e. The van der Waals surface area contributed by atoms with Gasteiger partial charge in [-0.15, -0.1) is 0 Å². The minimum absolute atomic E-state index is 0.0662. The van der Waals surface area contributed by atoms with E-state index in [0.717, 1.165) is 32.5 Å².